The molecule has 0 N–H and O–H groups in total. The van der Waals surface area contributed by atoms with Crippen LogP contribution in [0.4, 0.5) is 0 Å². The summed E-state index contributed by atoms with van der Waals surface area (Å²) >= 11 is 16.8. The Bertz CT molecular complexity index is 150. The van der Waals surface area contributed by atoms with E-state index in [1.807, 2.05) is 13.8 Å². The van der Waals surface area contributed by atoms with Gasteiger partial charge in [-0.3, -0.25) is 0 Å². The first-order chi connectivity index (χ1) is 4.81. The van der Waals surface area contributed by atoms with E-state index in [9.17, 15) is 0 Å². The van der Waals surface area contributed by atoms with Gasteiger partial charge in [0, 0.05) is 0 Å². The van der Waals surface area contributed by atoms with Crippen LogP contribution in [0.2, 0.25) is 0 Å². The van der Waals surface area contributed by atoms with E-state index in [1.54, 1.807) is 12.7 Å². The third kappa shape index (κ3) is 8.75. The Balaban J connectivity index is 4.01. The van der Waals surface area contributed by atoms with E-state index in [-0.39, 0.29) is 6.10 Å². The van der Waals surface area contributed by atoms with Crippen LogP contribution in [0.3, 0.4) is 0 Å². The summed E-state index contributed by atoms with van der Waals surface area (Å²) in [7, 11) is 0. The highest BCUT2D eigenvalue weighted by molar-refractivity contribution is 8.34. The number of ether oxygens (including phenoxy) is 1. The third-order valence-electron chi connectivity index (χ3n) is 0.750. The lowest BCUT2D eigenvalue weighted by atomic mass is 10.5. The van der Waals surface area contributed by atoms with Crippen molar-refractivity contribution in [3.05, 3.63) is 11.6 Å². The zero-order valence-electron chi connectivity index (χ0n) is 6.64. The second-order valence-corrected chi connectivity index (χ2v) is 9.97. The van der Waals surface area contributed by atoms with Gasteiger partial charge in [-0.15, -0.1) is 0 Å². The van der Waals surface area contributed by atoms with Gasteiger partial charge in [0.05, 0.1) is 6.10 Å². The van der Waals surface area contributed by atoms with Gasteiger partial charge in [-0.05, 0) is 20.8 Å². The highest BCUT2D eigenvalue weighted by Crippen LogP contribution is 2.75. The topological polar surface area (TPSA) is 9.23 Å². The molecule has 0 atom stereocenters. The zero-order chi connectivity index (χ0) is 9.07. The molecule has 0 rings (SSSR count). The van der Waals surface area contributed by atoms with Gasteiger partial charge < -0.3 is 4.74 Å². The molecule has 1 nitrogen and oxygen atoms in total. The minimum atomic E-state index is -2.40. The Morgan fingerprint density at radius 1 is 1.36 bits per heavy atom. The first-order valence-electron chi connectivity index (χ1n) is 3.15. The minimum absolute atomic E-state index is 0.128. The van der Waals surface area contributed by atoms with Gasteiger partial charge >= 0.3 is 5.32 Å². The fourth-order valence-corrected chi connectivity index (χ4v) is 2.32. The molecule has 0 aromatic carbocycles. The number of halogens is 3. The summed E-state index contributed by atoms with van der Waals surface area (Å²) < 4.78 is 5.26. The molecule has 0 heterocycles. The number of hydrogen-bond donors (Lipinski definition) is 0. The summed E-state index contributed by atoms with van der Waals surface area (Å²) in [6.45, 7) is 5.63. The smallest absolute Gasteiger partial charge is 0.335 e. The highest BCUT2D eigenvalue weighted by Gasteiger charge is 2.30. The van der Waals surface area contributed by atoms with E-state index in [0.29, 0.717) is 5.76 Å². The first-order valence-corrected chi connectivity index (χ1v) is 7.72. The molecule has 0 aromatic heterocycles. The van der Waals surface area contributed by atoms with Crippen LogP contribution in [-0.2, 0) is 4.74 Å². The van der Waals surface area contributed by atoms with Crippen molar-refractivity contribution in [2.45, 2.75) is 26.9 Å². The lowest BCUT2D eigenvalue weighted by molar-refractivity contribution is 0.150. The summed E-state index contributed by atoms with van der Waals surface area (Å²) in [5.74, 6) is 2.23. The van der Waals surface area contributed by atoms with Gasteiger partial charge in [-0.2, -0.15) is 0 Å². The highest BCUT2D eigenvalue weighted by atomic mass is 36.1. The molecule has 0 aliphatic heterocycles. The van der Waals surface area contributed by atoms with Crippen LogP contribution in [0.5, 0.6) is 0 Å². The maximum atomic E-state index is 5.60. The van der Waals surface area contributed by atoms with E-state index in [0.717, 1.165) is 0 Å². The lowest BCUT2D eigenvalue weighted by Crippen LogP contribution is -1.99. The molecule has 0 saturated carbocycles. The van der Waals surface area contributed by atoms with Crippen LogP contribution < -0.4 is 0 Å². The molecular formula is C6H11Cl3OP+. The number of allylic oxidation sites excluding steroid dienone is 1. The quantitative estimate of drug-likeness (QED) is 0.507. The molecule has 0 saturated heterocycles. The van der Waals surface area contributed by atoms with E-state index in [1.165, 1.54) is 0 Å². The Morgan fingerprint density at radius 2 is 1.82 bits per heavy atom. The van der Waals surface area contributed by atoms with E-state index >= 15 is 0 Å². The van der Waals surface area contributed by atoms with Gasteiger partial charge in [0.2, 0.25) is 0 Å². The molecule has 0 bridgehead atoms. The van der Waals surface area contributed by atoms with Gasteiger partial charge in [0.1, 0.15) is 45.3 Å². The molecule has 66 valence electrons. The largest absolute Gasteiger partial charge is 0.492 e. The normalized spacial score (nSPS) is 13.9. The summed E-state index contributed by atoms with van der Waals surface area (Å²) in [5, 5.41) is -2.40. The van der Waals surface area contributed by atoms with Crippen molar-refractivity contribution in [2.24, 2.45) is 0 Å². The Morgan fingerprint density at radius 3 is 2.09 bits per heavy atom. The van der Waals surface area contributed by atoms with Crippen molar-refractivity contribution < 1.29 is 4.74 Å². The fraction of sp³-hybridized carbons (Fsp3) is 0.667. The van der Waals surface area contributed by atoms with Crippen molar-refractivity contribution >= 4 is 39.0 Å². The molecule has 5 heteroatoms. The molecule has 0 aromatic rings. The van der Waals surface area contributed by atoms with Crippen molar-refractivity contribution in [3.63, 3.8) is 0 Å². The Labute approximate surface area is 82.4 Å². The van der Waals surface area contributed by atoms with Crippen LogP contribution in [0, 0.1) is 0 Å². The molecule has 0 amide bonds. The van der Waals surface area contributed by atoms with Crippen molar-refractivity contribution in [1.82, 2.24) is 0 Å². The minimum Gasteiger partial charge on any atom is -0.492 e. The van der Waals surface area contributed by atoms with Gasteiger partial charge in [-0.1, -0.05) is 0 Å². The molecule has 0 aliphatic carbocycles. The second-order valence-electron chi connectivity index (χ2n) is 2.39. The van der Waals surface area contributed by atoms with Crippen molar-refractivity contribution in [2.75, 3.05) is 0 Å². The second kappa shape index (κ2) is 4.77. The zero-order valence-corrected chi connectivity index (χ0v) is 9.81. The average molecular weight is 236 g/mol. The summed E-state index contributed by atoms with van der Waals surface area (Å²) in [5.41, 5.74) is 0. The van der Waals surface area contributed by atoms with Gasteiger partial charge in [-0.25, -0.2) is 0 Å². The SMILES string of the molecule is CC(=C[P+](Cl)(Cl)Cl)OC(C)C. The lowest BCUT2D eigenvalue weighted by Gasteiger charge is -2.08. The van der Waals surface area contributed by atoms with Crippen LogP contribution in [-0.4, -0.2) is 6.10 Å². The molecule has 0 fully saturated rings. The number of hydrogen-bond acceptors (Lipinski definition) is 1. The Hall–Kier alpha value is 0.840. The van der Waals surface area contributed by atoms with Crippen LogP contribution in [0.15, 0.2) is 11.6 Å². The van der Waals surface area contributed by atoms with Crippen LogP contribution in [0.1, 0.15) is 20.8 Å². The van der Waals surface area contributed by atoms with Crippen molar-refractivity contribution in [1.29, 1.82) is 0 Å². The standard InChI is InChI=1S/C6H11Cl3OP/c1-5(2)10-6(3)4-11(7,8)9/h4-5H,1-3H3/q+1. The average Bonchev–Trinajstić information content (AvgIpc) is 1.53. The predicted molar refractivity (Wildman–Crippen MR) is 54.5 cm³/mol. The Kier molecular flexibility index (Phi) is 5.13. The predicted octanol–water partition coefficient (Wildman–Crippen LogP) is 4.75. The van der Waals surface area contributed by atoms with E-state index in [4.69, 9.17) is 38.5 Å². The summed E-state index contributed by atoms with van der Waals surface area (Å²) in [4.78, 5) is 0. The van der Waals surface area contributed by atoms with Crippen LogP contribution >= 0.6 is 39.0 Å². The monoisotopic (exact) mass is 235 g/mol. The molecule has 0 unspecified atom stereocenters. The first kappa shape index (κ1) is 11.8. The maximum Gasteiger partial charge on any atom is 0.335 e. The number of rotatable bonds is 3. The van der Waals surface area contributed by atoms with E-state index < -0.39 is 5.32 Å². The molecular weight excluding hydrogens is 225 g/mol. The molecule has 11 heavy (non-hydrogen) atoms. The van der Waals surface area contributed by atoms with Crippen molar-refractivity contribution in [3.8, 4) is 0 Å². The molecule has 0 aliphatic rings. The fourth-order valence-electron chi connectivity index (χ4n) is 0.608. The molecule has 0 radical (unpaired) electrons. The van der Waals surface area contributed by atoms with Gasteiger partial charge in [0.15, 0.2) is 0 Å². The molecule has 0 spiro atoms. The maximum absolute atomic E-state index is 5.60. The summed E-state index contributed by atoms with van der Waals surface area (Å²) in [6, 6.07) is 0. The van der Waals surface area contributed by atoms with E-state index in [2.05, 4.69) is 0 Å². The third-order valence-corrected chi connectivity index (χ3v) is 2.28. The summed E-state index contributed by atoms with van der Waals surface area (Å²) in [6.07, 6.45) is 0.128. The van der Waals surface area contributed by atoms with Crippen LogP contribution in [0.25, 0.3) is 0 Å². The van der Waals surface area contributed by atoms with Gasteiger partial charge in [0.25, 0.3) is 0 Å².